The number of para-hydroxylation sites is 2. The van der Waals surface area contributed by atoms with E-state index in [1.54, 1.807) is 6.92 Å². The fourth-order valence-electron chi connectivity index (χ4n) is 9.04. The Kier molecular flexibility index (Phi) is 12.4. The van der Waals surface area contributed by atoms with Gasteiger partial charge in [0, 0.05) is 54.8 Å². The van der Waals surface area contributed by atoms with Crippen LogP contribution in [0.4, 0.5) is 15.3 Å². The molecule has 4 fully saturated rings. The maximum absolute atomic E-state index is 14.2. The number of alkyl carbamates (subject to hydrolysis) is 1. The Morgan fingerprint density at radius 3 is 2.33 bits per heavy atom. The molecule has 0 spiro atoms. The SMILES string of the molecule is Cc1ccccc1NC(=O)NCCCC[C@H](CNC(=O)[C@@](C)(Cc1c[nH]c2ccccc12)NC(=O)OC1C2CC3CC(C2)CC1C3)NC(=O)CCC(=O)O. The number of nitrogens with one attached hydrogen (secondary N) is 6. The molecule has 4 aliphatic carbocycles. The lowest BCUT2D eigenvalue weighted by Gasteiger charge is -2.53. The molecule has 4 aliphatic rings. The first-order chi connectivity index (χ1) is 26.0. The van der Waals surface area contributed by atoms with E-state index in [2.05, 4.69) is 31.6 Å². The highest BCUT2D eigenvalue weighted by Gasteiger charge is 2.50. The average molecular weight is 743 g/mol. The number of hydrogen-bond acceptors (Lipinski definition) is 6. The smallest absolute Gasteiger partial charge is 0.408 e. The van der Waals surface area contributed by atoms with E-state index in [9.17, 15) is 24.0 Å². The second-order valence-corrected chi connectivity index (χ2v) is 15.9. The number of carbonyl (C=O) groups excluding carboxylic acids is 4. The van der Waals surface area contributed by atoms with Crippen LogP contribution in [0.3, 0.4) is 0 Å². The third-order valence-corrected chi connectivity index (χ3v) is 11.6. The Labute approximate surface area is 316 Å². The third-order valence-electron chi connectivity index (χ3n) is 11.6. The van der Waals surface area contributed by atoms with E-state index in [1.165, 1.54) is 6.42 Å². The van der Waals surface area contributed by atoms with E-state index in [0.29, 0.717) is 37.6 Å². The van der Waals surface area contributed by atoms with Crippen LogP contribution < -0.4 is 26.6 Å². The topological polar surface area (TPSA) is 191 Å². The van der Waals surface area contributed by atoms with Gasteiger partial charge in [0.25, 0.3) is 0 Å². The van der Waals surface area contributed by atoms with Crippen LogP contribution in [-0.2, 0) is 25.5 Å². The molecule has 2 aromatic carbocycles. The molecule has 3 aromatic rings. The molecule has 4 saturated carbocycles. The lowest BCUT2D eigenvalue weighted by molar-refractivity contribution is -0.138. The first-order valence-corrected chi connectivity index (χ1v) is 19.4. The van der Waals surface area contributed by atoms with Gasteiger partial charge in [-0.05, 0) is 112 Å². The number of aliphatic carboxylic acids is 1. The van der Waals surface area contributed by atoms with Gasteiger partial charge in [-0.2, -0.15) is 0 Å². The number of benzene rings is 2. The zero-order valence-electron chi connectivity index (χ0n) is 31.2. The molecule has 1 aromatic heterocycles. The second-order valence-electron chi connectivity index (χ2n) is 15.9. The van der Waals surface area contributed by atoms with E-state index in [1.807, 2.05) is 61.7 Å². The number of aromatic nitrogens is 1. The number of urea groups is 1. The van der Waals surface area contributed by atoms with E-state index in [0.717, 1.165) is 65.2 Å². The molecule has 0 radical (unpaired) electrons. The molecule has 290 valence electrons. The lowest BCUT2D eigenvalue weighted by Crippen LogP contribution is -2.60. The number of carboxylic acids is 1. The summed E-state index contributed by atoms with van der Waals surface area (Å²) >= 11 is 0. The number of fused-ring (bicyclic) bond motifs is 1. The van der Waals surface area contributed by atoms with Gasteiger partial charge in [0.15, 0.2) is 0 Å². The number of H-pyrrole nitrogens is 1. The summed E-state index contributed by atoms with van der Waals surface area (Å²) in [7, 11) is 0. The normalized spacial score (nSPS) is 22.8. The average Bonchev–Trinajstić information content (AvgIpc) is 3.53. The molecule has 4 bridgehead atoms. The van der Waals surface area contributed by atoms with Crippen LogP contribution in [0.5, 0.6) is 0 Å². The van der Waals surface area contributed by atoms with Crippen molar-refractivity contribution >= 4 is 46.5 Å². The quantitative estimate of drug-likeness (QED) is 0.0852. The standard InChI is InChI=1S/C41H54N6O7/c1-25-9-3-5-12-33(25)46-39(52)42-16-8-7-10-31(45-35(48)14-15-36(49)50)24-44-38(51)41(2,22-30-23-43-34-13-6-4-11-32(30)34)47-40(53)54-37-28-18-26-17-27(20-28)21-29(37)19-26/h3-6,9,11-13,23,26-29,31,37,43H,7-8,10,14-22,24H2,1-2H3,(H,44,51)(H,45,48)(H,47,53)(H,49,50)(H2,42,46,52)/t26?,27?,28?,29?,31-,37?,41-/m1/s1. The number of unbranched alkanes of at least 4 members (excludes halogenated alkanes) is 1. The predicted molar refractivity (Wildman–Crippen MR) is 205 cm³/mol. The number of anilines is 1. The number of hydrogen-bond donors (Lipinski definition) is 7. The molecule has 0 unspecified atom stereocenters. The number of rotatable bonds is 17. The van der Waals surface area contributed by atoms with Crippen molar-refractivity contribution in [1.29, 1.82) is 0 Å². The van der Waals surface area contributed by atoms with Crippen molar-refractivity contribution in [3.05, 3.63) is 65.9 Å². The second kappa shape index (κ2) is 17.4. The van der Waals surface area contributed by atoms with Crippen LogP contribution in [0, 0.1) is 30.6 Å². The first-order valence-electron chi connectivity index (χ1n) is 19.4. The first kappa shape index (κ1) is 38.6. The van der Waals surface area contributed by atoms with Crippen molar-refractivity contribution in [2.24, 2.45) is 23.7 Å². The molecule has 0 aliphatic heterocycles. The van der Waals surface area contributed by atoms with Gasteiger partial charge >= 0.3 is 18.1 Å². The fourth-order valence-corrected chi connectivity index (χ4v) is 9.04. The van der Waals surface area contributed by atoms with Crippen molar-refractivity contribution in [2.45, 2.75) is 102 Å². The molecule has 0 saturated heterocycles. The maximum Gasteiger partial charge on any atom is 0.408 e. The molecule has 7 N–H and O–H groups in total. The summed E-state index contributed by atoms with van der Waals surface area (Å²) in [5.41, 5.74) is 2.04. The van der Waals surface area contributed by atoms with Gasteiger partial charge in [0.05, 0.1) is 6.42 Å². The van der Waals surface area contributed by atoms with Crippen molar-refractivity contribution in [1.82, 2.24) is 26.3 Å². The monoisotopic (exact) mass is 742 g/mol. The molecule has 1 heterocycles. The number of aromatic amines is 1. The van der Waals surface area contributed by atoms with Gasteiger partial charge < -0.3 is 41.4 Å². The van der Waals surface area contributed by atoms with Gasteiger partial charge in [-0.25, -0.2) is 9.59 Å². The minimum absolute atomic E-state index is 0.0502. The summed E-state index contributed by atoms with van der Waals surface area (Å²) in [4.78, 5) is 67.4. The number of carboxylic acid groups (broad SMARTS) is 1. The highest BCUT2D eigenvalue weighted by atomic mass is 16.6. The fraction of sp³-hybridized carbons (Fsp3) is 0.537. The summed E-state index contributed by atoms with van der Waals surface area (Å²) in [5.74, 6) is 0.231. The molecular formula is C41H54N6O7. The van der Waals surface area contributed by atoms with Crippen LogP contribution >= 0.6 is 0 Å². The van der Waals surface area contributed by atoms with Crippen molar-refractivity contribution in [3.63, 3.8) is 0 Å². The number of carbonyl (C=O) groups is 5. The van der Waals surface area contributed by atoms with Crippen LogP contribution in [0.15, 0.2) is 54.7 Å². The number of amides is 5. The van der Waals surface area contributed by atoms with Gasteiger partial charge in [-0.15, -0.1) is 0 Å². The zero-order valence-corrected chi connectivity index (χ0v) is 31.2. The van der Waals surface area contributed by atoms with Gasteiger partial charge in [-0.3, -0.25) is 14.4 Å². The number of aryl methyl sites for hydroxylation is 1. The summed E-state index contributed by atoms with van der Waals surface area (Å²) in [6.45, 7) is 4.04. The van der Waals surface area contributed by atoms with Gasteiger partial charge in [0.1, 0.15) is 11.6 Å². The molecule has 5 amide bonds. The highest BCUT2D eigenvalue weighted by molar-refractivity contribution is 5.92. The van der Waals surface area contributed by atoms with Gasteiger partial charge in [-0.1, -0.05) is 36.4 Å². The van der Waals surface area contributed by atoms with E-state index < -0.39 is 35.5 Å². The molecular weight excluding hydrogens is 688 g/mol. The van der Waals surface area contributed by atoms with E-state index in [-0.39, 0.29) is 37.9 Å². The Balaban J connectivity index is 1.08. The molecule has 2 atom stereocenters. The minimum Gasteiger partial charge on any atom is -0.481 e. The van der Waals surface area contributed by atoms with Crippen molar-refractivity contribution < 1.29 is 33.8 Å². The summed E-state index contributed by atoms with van der Waals surface area (Å²) < 4.78 is 6.16. The Morgan fingerprint density at radius 1 is 0.907 bits per heavy atom. The summed E-state index contributed by atoms with van der Waals surface area (Å²) in [6.07, 6.45) is 8.09. The lowest BCUT2D eigenvalue weighted by atomic mass is 9.55. The minimum atomic E-state index is -1.40. The number of ether oxygens (including phenoxy) is 1. The Hall–Kier alpha value is -5.07. The van der Waals surface area contributed by atoms with E-state index in [4.69, 9.17) is 9.84 Å². The van der Waals surface area contributed by atoms with Crippen LogP contribution in [-0.4, -0.2) is 70.8 Å². The molecule has 13 nitrogen and oxygen atoms in total. The summed E-state index contributed by atoms with van der Waals surface area (Å²) in [6, 6.07) is 14.4. The zero-order chi connectivity index (χ0) is 38.2. The van der Waals surface area contributed by atoms with Crippen LogP contribution in [0.25, 0.3) is 10.9 Å². The highest BCUT2D eigenvalue weighted by Crippen LogP contribution is 2.54. The predicted octanol–water partition coefficient (Wildman–Crippen LogP) is 5.79. The molecule has 7 rings (SSSR count). The van der Waals surface area contributed by atoms with Crippen LogP contribution in [0.1, 0.15) is 82.3 Å². The largest absolute Gasteiger partial charge is 0.481 e. The van der Waals surface area contributed by atoms with Crippen molar-refractivity contribution in [3.8, 4) is 0 Å². The van der Waals surface area contributed by atoms with Crippen molar-refractivity contribution in [2.75, 3.05) is 18.4 Å². The summed E-state index contributed by atoms with van der Waals surface area (Å²) in [5, 5.41) is 24.5. The third kappa shape index (κ3) is 9.91. The maximum atomic E-state index is 14.2. The van der Waals surface area contributed by atoms with E-state index >= 15 is 0 Å². The van der Waals surface area contributed by atoms with Crippen LogP contribution in [0.2, 0.25) is 0 Å². The molecule has 54 heavy (non-hydrogen) atoms. The molecule has 13 heteroatoms. The Morgan fingerprint density at radius 2 is 1.61 bits per heavy atom. The van der Waals surface area contributed by atoms with Gasteiger partial charge in [0.2, 0.25) is 11.8 Å². The Bertz CT molecular complexity index is 1800.